The van der Waals surface area contributed by atoms with Crippen LogP contribution in [0, 0.1) is 5.92 Å². The average molecular weight is 459 g/mol. The van der Waals surface area contributed by atoms with Crippen LogP contribution in [0.15, 0.2) is 66.2 Å². The molecule has 0 spiro atoms. The van der Waals surface area contributed by atoms with E-state index in [4.69, 9.17) is 16.3 Å². The molecule has 2 aliphatic rings. The highest BCUT2D eigenvalue weighted by atomic mass is 35.5. The van der Waals surface area contributed by atoms with Crippen molar-refractivity contribution in [3.63, 3.8) is 0 Å². The second kappa shape index (κ2) is 9.55. The smallest absolute Gasteiger partial charge is 0.224 e. The first-order valence-corrected chi connectivity index (χ1v) is 12.5. The SMILES string of the molecule is C=CC(c1ccc(Cl)cc1)S(=O)(=O)N1CCC(Cc2ccc(C3=NCCO3)cc2)CC1. The number of hydrogen-bond donors (Lipinski definition) is 0. The van der Waals surface area contributed by atoms with Crippen LogP contribution in [0.1, 0.15) is 34.8 Å². The van der Waals surface area contributed by atoms with E-state index in [-0.39, 0.29) is 0 Å². The third kappa shape index (κ3) is 5.03. The topological polar surface area (TPSA) is 59.0 Å². The Hall–Kier alpha value is -2.15. The minimum Gasteiger partial charge on any atom is -0.476 e. The maximum absolute atomic E-state index is 13.2. The van der Waals surface area contributed by atoms with Crippen molar-refractivity contribution in [3.05, 3.63) is 82.9 Å². The van der Waals surface area contributed by atoms with E-state index in [9.17, 15) is 8.42 Å². The van der Waals surface area contributed by atoms with Gasteiger partial charge in [0.1, 0.15) is 11.9 Å². The van der Waals surface area contributed by atoms with Crippen LogP contribution in [0.5, 0.6) is 0 Å². The van der Waals surface area contributed by atoms with Crippen LogP contribution < -0.4 is 0 Å². The Morgan fingerprint density at radius 3 is 2.39 bits per heavy atom. The number of halogens is 1. The highest BCUT2D eigenvalue weighted by Gasteiger charge is 2.34. The van der Waals surface area contributed by atoms with Gasteiger partial charge in [-0.2, -0.15) is 0 Å². The zero-order valence-electron chi connectivity index (χ0n) is 17.4. The molecule has 2 aliphatic heterocycles. The molecular formula is C24H27ClN2O3S. The second-order valence-electron chi connectivity index (χ2n) is 8.03. The van der Waals surface area contributed by atoms with Crippen molar-refractivity contribution in [2.24, 2.45) is 10.9 Å². The van der Waals surface area contributed by atoms with E-state index in [2.05, 4.69) is 35.8 Å². The lowest BCUT2D eigenvalue weighted by Crippen LogP contribution is -2.40. The van der Waals surface area contributed by atoms with Crippen molar-refractivity contribution in [1.29, 1.82) is 0 Å². The molecule has 0 aliphatic carbocycles. The molecule has 0 saturated carbocycles. The van der Waals surface area contributed by atoms with Gasteiger partial charge in [-0.05, 0) is 60.6 Å². The van der Waals surface area contributed by atoms with E-state index in [0.29, 0.717) is 36.2 Å². The molecular weight excluding hydrogens is 432 g/mol. The summed E-state index contributed by atoms with van der Waals surface area (Å²) < 4.78 is 33.6. The molecule has 1 unspecified atom stereocenters. The number of rotatable bonds is 7. The van der Waals surface area contributed by atoms with Crippen molar-refractivity contribution in [2.75, 3.05) is 26.2 Å². The molecule has 0 radical (unpaired) electrons. The van der Waals surface area contributed by atoms with Crippen LogP contribution >= 0.6 is 11.6 Å². The van der Waals surface area contributed by atoms with Crippen molar-refractivity contribution < 1.29 is 13.2 Å². The molecule has 2 aromatic rings. The van der Waals surface area contributed by atoms with Gasteiger partial charge in [0.15, 0.2) is 0 Å². The Morgan fingerprint density at radius 2 is 1.81 bits per heavy atom. The molecule has 1 saturated heterocycles. The number of piperidine rings is 1. The summed E-state index contributed by atoms with van der Waals surface area (Å²) in [6.45, 7) is 6.22. The number of aliphatic imine (C=N–C) groups is 1. The Kier molecular flexibility index (Phi) is 6.80. The molecule has 1 atom stereocenters. The van der Waals surface area contributed by atoms with E-state index < -0.39 is 15.3 Å². The number of nitrogens with zero attached hydrogens (tertiary/aromatic N) is 2. The van der Waals surface area contributed by atoms with Gasteiger partial charge in [-0.3, -0.25) is 0 Å². The van der Waals surface area contributed by atoms with E-state index in [1.165, 1.54) is 11.6 Å². The fourth-order valence-corrected chi connectivity index (χ4v) is 6.15. The first-order chi connectivity index (χ1) is 15.0. The zero-order valence-corrected chi connectivity index (χ0v) is 19.0. The summed E-state index contributed by atoms with van der Waals surface area (Å²) in [6.07, 6.45) is 4.15. The van der Waals surface area contributed by atoms with E-state index >= 15 is 0 Å². The second-order valence-corrected chi connectivity index (χ2v) is 10.5. The molecule has 164 valence electrons. The molecule has 1 fully saturated rings. The van der Waals surface area contributed by atoms with Crippen LogP contribution in [0.4, 0.5) is 0 Å². The Balaban J connectivity index is 1.36. The van der Waals surface area contributed by atoms with Crippen LogP contribution in [-0.4, -0.2) is 44.9 Å². The highest BCUT2D eigenvalue weighted by molar-refractivity contribution is 7.89. The molecule has 4 rings (SSSR count). The van der Waals surface area contributed by atoms with Crippen LogP contribution in [0.25, 0.3) is 0 Å². The average Bonchev–Trinajstić information content (AvgIpc) is 3.31. The molecule has 0 amide bonds. The van der Waals surface area contributed by atoms with E-state index in [0.717, 1.165) is 37.3 Å². The van der Waals surface area contributed by atoms with E-state index in [1.807, 2.05) is 0 Å². The predicted molar refractivity (Wildman–Crippen MR) is 125 cm³/mol. The normalized spacial score (nSPS) is 18.9. The molecule has 2 aromatic carbocycles. The Morgan fingerprint density at radius 1 is 1.13 bits per heavy atom. The standard InChI is InChI=1S/C24H27ClN2O3S/c1-2-23(20-7-9-22(25)10-8-20)31(28,29)27-14-11-19(12-15-27)17-18-3-5-21(6-4-18)24-26-13-16-30-24/h2-10,19,23H,1,11-17H2. The van der Waals surface area contributed by atoms with Crippen molar-refractivity contribution in [1.82, 2.24) is 4.31 Å². The fraction of sp³-hybridized carbons (Fsp3) is 0.375. The van der Waals surface area contributed by atoms with Gasteiger partial charge in [-0.15, -0.1) is 6.58 Å². The lowest BCUT2D eigenvalue weighted by Gasteiger charge is -2.33. The Bertz CT molecular complexity index is 1040. The lowest BCUT2D eigenvalue weighted by molar-refractivity contribution is 0.271. The van der Waals surface area contributed by atoms with Crippen molar-refractivity contribution >= 4 is 27.5 Å². The molecule has 0 N–H and O–H groups in total. The number of sulfonamides is 1. The molecule has 7 heteroatoms. The maximum Gasteiger partial charge on any atom is 0.224 e. The van der Waals surface area contributed by atoms with Gasteiger partial charge in [0.05, 0.1) is 6.54 Å². The lowest BCUT2D eigenvalue weighted by atomic mass is 9.91. The Labute approximate surface area is 189 Å². The first-order valence-electron chi connectivity index (χ1n) is 10.6. The summed E-state index contributed by atoms with van der Waals surface area (Å²) in [5, 5.41) is -0.170. The maximum atomic E-state index is 13.2. The van der Waals surface area contributed by atoms with Gasteiger partial charge in [-0.1, -0.05) is 41.9 Å². The van der Waals surface area contributed by atoms with Crippen LogP contribution in [-0.2, 0) is 21.2 Å². The summed E-state index contributed by atoms with van der Waals surface area (Å²) in [7, 11) is -3.51. The van der Waals surface area contributed by atoms with Gasteiger partial charge < -0.3 is 4.74 Å². The summed E-state index contributed by atoms with van der Waals surface area (Å²) in [5.74, 6) is 1.19. The third-order valence-corrected chi connectivity index (χ3v) is 8.42. The fourth-order valence-electron chi connectivity index (χ4n) is 4.24. The van der Waals surface area contributed by atoms with Gasteiger partial charge in [0, 0.05) is 23.7 Å². The number of hydrogen-bond acceptors (Lipinski definition) is 4. The molecule has 31 heavy (non-hydrogen) atoms. The van der Waals surface area contributed by atoms with Crippen LogP contribution in [0.2, 0.25) is 5.02 Å². The summed E-state index contributed by atoms with van der Waals surface area (Å²) >= 11 is 5.95. The summed E-state index contributed by atoms with van der Waals surface area (Å²) in [5.41, 5.74) is 2.96. The first kappa shape index (κ1) is 22.1. The van der Waals surface area contributed by atoms with Gasteiger partial charge in [0.25, 0.3) is 0 Å². The molecule has 0 aromatic heterocycles. The van der Waals surface area contributed by atoms with E-state index in [1.54, 1.807) is 28.6 Å². The number of benzene rings is 2. The molecule has 0 bridgehead atoms. The van der Waals surface area contributed by atoms with Crippen LogP contribution in [0.3, 0.4) is 0 Å². The summed E-state index contributed by atoms with van der Waals surface area (Å²) in [4.78, 5) is 4.35. The minimum absolute atomic E-state index is 0.468. The summed E-state index contributed by atoms with van der Waals surface area (Å²) in [6, 6.07) is 15.3. The quantitative estimate of drug-likeness (QED) is 0.568. The van der Waals surface area contributed by atoms with Gasteiger partial charge in [0.2, 0.25) is 15.9 Å². The molecule has 5 nitrogen and oxygen atoms in total. The largest absolute Gasteiger partial charge is 0.476 e. The predicted octanol–water partition coefficient (Wildman–Crippen LogP) is 4.63. The monoisotopic (exact) mass is 458 g/mol. The zero-order chi connectivity index (χ0) is 21.8. The minimum atomic E-state index is -3.51. The highest BCUT2D eigenvalue weighted by Crippen LogP contribution is 2.31. The van der Waals surface area contributed by atoms with Gasteiger partial charge >= 0.3 is 0 Å². The van der Waals surface area contributed by atoms with Crippen molar-refractivity contribution in [3.8, 4) is 0 Å². The van der Waals surface area contributed by atoms with Crippen molar-refractivity contribution in [2.45, 2.75) is 24.5 Å². The number of ether oxygens (including phenoxy) is 1. The molecule has 2 heterocycles. The third-order valence-electron chi connectivity index (χ3n) is 5.98. The van der Waals surface area contributed by atoms with Gasteiger partial charge in [-0.25, -0.2) is 17.7 Å².